The summed E-state index contributed by atoms with van der Waals surface area (Å²) in [4.78, 5) is 38.0. The molecule has 1 amide bonds. The first-order chi connectivity index (χ1) is 12.6. The van der Waals surface area contributed by atoms with Crippen molar-refractivity contribution >= 4 is 29.4 Å². The fourth-order valence-electron chi connectivity index (χ4n) is 3.73. The maximum Gasteiger partial charge on any atom is 0.353 e. The van der Waals surface area contributed by atoms with E-state index >= 15 is 0 Å². The molecule has 2 aliphatic heterocycles. The number of nitrogens with two attached hydrogens (primary N) is 2. The number of carbonyl (C=O) groups is 3. The summed E-state index contributed by atoms with van der Waals surface area (Å²) in [5, 5.41) is 28.4. The fourth-order valence-corrected chi connectivity index (χ4v) is 4.91. The van der Waals surface area contributed by atoms with Gasteiger partial charge in [-0.3, -0.25) is 9.59 Å². The lowest BCUT2D eigenvalue weighted by Crippen LogP contribution is -2.64. The number of thioether (sulfide) groups is 1. The van der Waals surface area contributed by atoms with Crippen LogP contribution in [0, 0.1) is 23.2 Å². The van der Waals surface area contributed by atoms with Crippen molar-refractivity contribution in [3.8, 4) is 6.07 Å². The number of fused-ring (bicyclic) bond motifs is 1. The molecule has 10 heteroatoms. The molecule has 27 heavy (non-hydrogen) atoms. The van der Waals surface area contributed by atoms with Crippen LogP contribution in [0.4, 0.5) is 0 Å². The van der Waals surface area contributed by atoms with E-state index in [1.165, 1.54) is 30.5 Å². The summed E-state index contributed by atoms with van der Waals surface area (Å²) in [6.45, 7) is 3.00. The van der Waals surface area contributed by atoms with Gasteiger partial charge in [0.15, 0.2) is 5.78 Å². The Morgan fingerprint density at radius 2 is 2.00 bits per heavy atom. The van der Waals surface area contributed by atoms with Gasteiger partial charge in [-0.15, -0.1) is 11.8 Å². The Morgan fingerprint density at radius 3 is 2.48 bits per heavy atom. The molecule has 1 saturated heterocycles. The summed E-state index contributed by atoms with van der Waals surface area (Å²) in [6, 6.07) is -0.251. The van der Waals surface area contributed by atoms with Gasteiger partial charge in [0.2, 0.25) is 5.91 Å². The summed E-state index contributed by atoms with van der Waals surface area (Å²) in [6.07, 6.45) is -0.638. The van der Waals surface area contributed by atoms with Crippen LogP contribution in [0.5, 0.6) is 0 Å². The highest BCUT2D eigenvalue weighted by atomic mass is 32.2. The molecule has 0 radical (unpaired) electrons. The monoisotopic (exact) mass is 396 g/mol. The maximum absolute atomic E-state index is 12.4. The number of rotatable bonds is 9. The lowest BCUT2D eigenvalue weighted by molar-refractivity contribution is -0.163. The van der Waals surface area contributed by atoms with E-state index in [1.807, 2.05) is 6.07 Å². The zero-order valence-corrected chi connectivity index (χ0v) is 16.0. The fraction of sp³-hybridized carbons (Fsp3) is 0.647. The average Bonchev–Trinajstić information content (AvgIpc) is 2.84. The molecule has 2 rings (SSSR count). The molecule has 6 N–H and O–H groups in total. The van der Waals surface area contributed by atoms with Crippen LogP contribution in [0.2, 0.25) is 0 Å². The molecule has 1 unspecified atom stereocenters. The van der Waals surface area contributed by atoms with Crippen LogP contribution >= 0.6 is 11.8 Å². The first kappa shape index (κ1) is 21.4. The lowest BCUT2D eigenvalue weighted by atomic mass is 9.76. The summed E-state index contributed by atoms with van der Waals surface area (Å²) in [5.74, 6) is -2.98. The van der Waals surface area contributed by atoms with E-state index in [2.05, 4.69) is 0 Å². The molecule has 0 aromatic carbocycles. The molecule has 0 saturated carbocycles. The highest BCUT2D eigenvalue weighted by molar-refractivity contribution is 8.03. The number of carbonyl (C=O) groups excluding carboxylic acids is 2. The molecule has 6 atom stereocenters. The van der Waals surface area contributed by atoms with Gasteiger partial charge in [-0.1, -0.05) is 0 Å². The standard InChI is InChI=1S/C17H24N4O5S/c1-7(19)14(23)10(20)6-9-12-11(8(2)22)16(24)21(12)13(17(25)26)15(9)27-5-3-4-18/h7-12,22H,3,5-6,19-20H2,1-2H3,(H,25,26)/t7-,8+,9+,10?,11+,12+/m0/s1. The normalized spacial score (nSPS) is 27.5. The van der Waals surface area contributed by atoms with Crippen molar-refractivity contribution in [3.63, 3.8) is 0 Å². The van der Waals surface area contributed by atoms with Gasteiger partial charge < -0.3 is 26.6 Å². The van der Waals surface area contributed by atoms with Gasteiger partial charge >= 0.3 is 5.97 Å². The third-order valence-electron chi connectivity index (χ3n) is 4.93. The Labute approximate surface area is 161 Å². The van der Waals surface area contributed by atoms with E-state index < -0.39 is 47.9 Å². The van der Waals surface area contributed by atoms with Crippen molar-refractivity contribution in [3.05, 3.63) is 10.6 Å². The summed E-state index contributed by atoms with van der Waals surface area (Å²) >= 11 is 1.18. The Bertz CT molecular complexity index is 715. The van der Waals surface area contributed by atoms with E-state index in [9.17, 15) is 24.6 Å². The zero-order valence-electron chi connectivity index (χ0n) is 15.2. The number of aliphatic hydroxyl groups is 1. The number of hydrogen-bond donors (Lipinski definition) is 4. The minimum atomic E-state index is -1.26. The molecule has 2 aliphatic rings. The van der Waals surface area contributed by atoms with Crippen molar-refractivity contribution in [1.82, 2.24) is 4.90 Å². The Morgan fingerprint density at radius 1 is 1.37 bits per heavy atom. The molecule has 0 spiro atoms. The van der Waals surface area contributed by atoms with Crippen LogP contribution in [0.1, 0.15) is 26.7 Å². The summed E-state index contributed by atoms with van der Waals surface area (Å²) in [5.41, 5.74) is 11.5. The highest BCUT2D eigenvalue weighted by Crippen LogP contribution is 2.52. The second-order valence-electron chi connectivity index (χ2n) is 6.88. The van der Waals surface area contributed by atoms with E-state index in [0.29, 0.717) is 10.7 Å². The highest BCUT2D eigenvalue weighted by Gasteiger charge is 2.61. The van der Waals surface area contributed by atoms with Crippen LogP contribution in [-0.2, 0) is 14.4 Å². The smallest absolute Gasteiger partial charge is 0.353 e. The molecule has 0 aromatic heterocycles. The lowest BCUT2D eigenvalue weighted by Gasteiger charge is -2.47. The molecule has 0 aromatic rings. The van der Waals surface area contributed by atoms with Gasteiger partial charge in [-0.25, -0.2) is 4.79 Å². The van der Waals surface area contributed by atoms with Crippen LogP contribution in [0.15, 0.2) is 10.6 Å². The molecule has 9 nitrogen and oxygen atoms in total. The SMILES string of the molecule is C[C@H](N)C(=O)C(N)C[C@H]1C(SCCC#N)=C(C(=O)O)N2C(=O)[C@H]([C@@H](C)O)[C@@H]12. The number of amides is 1. The van der Waals surface area contributed by atoms with Gasteiger partial charge in [-0.2, -0.15) is 5.26 Å². The maximum atomic E-state index is 12.4. The van der Waals surface area contributed by atoms with Gasteiger partial charge in [0.1, 0.15) is 5.70 Å². The topological polar surface area (TPSA) is 171 Å². The molecule has 2 heterocycles. The number of Topliss-reactive ketones (excluding diaryl/α,β-unsaturated/α-hetero) is 1. The zero-order chi connectivity index (χ0) is 20.5. The number of carboxylic acids is 1. The first-order valence-electron chi connectivity index (χ1n) is 8.66. The van der Waals surface area contributed by atoms with Gasteiger partial charge in [0, 0.05) is 23.0 Å². The van der Waals surface area contributed by atoms with Crippen molar-refractivity contribution in [2.45, 2.75) is 50.9 Å². The van der Waals surface area contributed by atoms with Crippen molar-refractivity contribution < 1.29 is 24.6 Å². The van der Waals surface area contributed by atoms with E-state index in [4.69, 9.17) is 16.7 Å². The predicted octanol–water partition coefficient (Wildman–Crippen LogP) is -0.599. The number of nitrogens with zero attached hydrogens (tertiary/aromatic N) is 2. The number of aliphatic hydroxyl groups excluding tert-OH is 1. The van der Waals surface area contributed by atoms with Crippen LogP contribution in [0.3, 0.4) is 0 Å². The summed E-state index contributed by atoms with van der Waals surface area (Å²) < 4.78 is 0. The minimum Gasteiger partial charge on any atom is -0.477 e. The number of β-lactam (4-membered cyclic amide) rings is 1. The van der Waals surface area contributed by atoms with Gasteiger partial charge in [-0.05, 0) is 20.3 Å². The van der Waals surface area contributed by atoms with E-state index in [1.54, 1.807) is 0 Å². The average molecular weight is 396 g/mol. The van der Waals surface area contributed by atoms with Crippen LogP contribution < -0.4 is 11.5 Å². The van der Waals surface area contributed by atoms with E-state index in [0.717, 1.165) is 0 Å². The summed E-state index contributed by atoms with van der Waals surface area (Å²) in [7, 11) is 0. The number of ketones is 1. The third-order valence-corrected chi connectivity index (χ3v) is 6.14. The second-order valence-corrected chi connectivity index (χ2v) is 8.02. The molecule has 148 valence electrons. The molecule has 1 fully saturated rings. The number of hydrogen-bond acceptors (Lipinski definition) is 8. The number of nitriles is 1. The Kier molecular flexibility index (Phi) is 6.64. The third kappa shape index (κ3) is 3.87. The van der Waals surface area contributed by atoms with Crippen molar-refractivity contribution in [2.24, 2.45) is 23.3 Å². The molecular weight excluding hydrogens is 372 g/mol. The predicted molar refractivity (Wildman–Crippen MR) is 97.9 cm³/mol. The van der Waals surface area contributed by atoms with E-state index in [-0.39, 0.29) is 24.3 Å². The van der Waals surface area contributed by atoms with Gasteiger partial charge in [0.25, 0.3) is 0 Å². The minimum absolute atomic E-state index is 0.115. The van der Waals surface area contributed by atoms with Crippen LogP contribution in [-0.4, -0.2) is 62.8 Å². The number of aliphatic carboxylic acids is 1. The van der Waals surface area contributed by atoms with Gasteiger partial charge in [0.05, 0.1) is 36.2 Å². The number of carboxylic acid groups (broad SMARTS) is 1. The largest absolute Gasteiger partial charge is 0.477 e. The van der Waals surface area contributed by atoms with Crippen LogP contribution in [0.25, 0.3) is 0 Å². The quantitative estimate of drug-likeness (QED) is 0.293. The molecule has 0 aliphatic carbocycles. The van der Waals surface area contributed by atoms with Crippen molar-refractivity contribution in [1.29, 1.82) is 5.26 Å². The first-order valence-corrected chi connectivity index (χ1v) is 9.65. The second kappa shape index (κ2) is 8.39. The van der Waals surface area contributed by atoms with Crippen molar-refractivity contribution in [2.75, 3.05) is 5.75 Å². The Balaban J connectivity index is 2.40. The molecular formula is C17H24N4O5S. The Hall–Kier alpha value is -1.93. The molecule has 0 bridgehead atoms.